The molecular weight excluding hydrogens is 332 g/mol. The molecule has 0 spiro atoms. The Bertz CT molecular complexity index is 708. The van der Waals surface area contributed by atoms with E-state index < -0.39 is 0 Å². The van der Waals surface area contributed by atoms with Crippen LogP contribution in [-0.2, 0) is 17.8 Å². The zero-order valence-electron chi connectivity index (χ0n) is 14.9. The van der Waals surface area contributed by atoms with Crippen LogP contribution in [0.25, 0.3) is 0 Å². The molecule has 2 N–H and O–H groups in total. The van der Waals surface area contributed by atoms with E-state index in [0.29, 0.717) is 11.7 Å². The molecule has 0 saturated carbocycles. The van der Waals surface area contributed by atoms with Crippen molar-refractivity contribution in [1.82, 2.24) is 20.4 Å². The van der Waals surface area contributed by atoms with Crippen molar-refractivity contribution in [1.29, 1.82) is 0 Å². The molecule has 1 fully saturated rings. The Morgan fingerprint density at radius 2 is 2.08 bits per heavy atom. The molecule has 0 radical (unpaired) electrons. The lowest BCUT2D eigenvalue weighted by Crippen LogP contribution is -2.39. The molecule has 6 heteroatoms. The molecule has 2 heterocycles. The van der Waals surface area contributed by atoms with Gasteiger partial charge >= 0.3 is 0 Å². The van der Waals surface area contributed by atoms with Crippen LogP contribution in [0.15, 0.2) is 30.3 Å². The van der Waals surface area contributed by atoms with Gasteiger partial charge in [-0.05, 0) is 44.5 Å². The lowest BCUT2D eigenvalue weighted by atomic mass is 10.2. The molecule has 0 aliphatic carbocycles. The van der Waals surface area contributed by atoms with Crippen LogP contribution in [0.3, 0.4) is 0 Å². The van der Waals surface area contributed by atoms with Crippen LogP contribution in [0.5, 0.6) is 0 Å². The maximum atomic E-state index is 5.60. The Hall–Kier alpha value is -1.92. The van der Waals surface area contributed by atoms with E-state index in [0.717, 1.165) is 38.2 Å². The van der Waals surface area contributed by atoms with E-state index >= 15 is 0 Å². The van der Waals surface area contributed by atoms with Gasteiger partial charge in [-0.3, -0.25) is 4.68 Å². The third-order valence-corrected chi connectivity index (χ3v) is 4.94. The standard InChI is InChI=1S/C19H26N4OS/c1-14-18(12-21-19(25)20-11-17-9-6-10-24-17)15(2)23(22-14)13-16-7-4-3-5-8-16/h3-5,7-8,17H,6,9-13H2,1-2H3,(H2,20,21,25)/t17-/m0/s1. The minimum Gasteiger partial charge on any atom is -0.376 e. The first-order chi connectivity index (χ1) is 12.1. The molecule has 134 valence electrons. The summed E-state index contributed by atoms with van der Waals surface area (Å²) < 4.78 is 7.66. The molecule has 1 saturated heterocycles. The van der Waals surface area contributed by atoms with E-state index in [2.05, 4.69) is 51.6 Å². The van der Waals surface area contributed by atoms with E-state index in [4.69, 9.17) is 17.0 Å². The van der Waals surface area contributed by atoms with Crippen molar-refractivity contribution in [3.05, 3.63) is 52.8 Å². The molecule has 0 bridgehead atoms. The van der Waals surface area contributed by atoms with Gasteiger partial charge in [-0.1, -0.05) is 30.3 Å². The number of rotatable bonds is 6. The van der Waals surface area contributed by atoms with Crippen LogP contribution in [0, 0.1) is 13.8 Å². The topological polar surface area (TPSA) is 51.1 Å². The smallest absolute Gasteiger partial charge is 0.166 e. The van der Waals surface area contributed by atoms with Crippen molar-refractivity contribution in [2.75, 3.05) is 13.2 Å². The van der Waals surface area contributed by atoms with Gasteiger partial charge in [0.25, 0.3) is 0 Å². The highest BCUT2D eigenvalue weighted by Gasteiger charge is 2.16. The number of benzene rings is 1. The highest BCUT2D eigenvalue weighted by Crippen LogP contribution is 2.15. The summed E-state index contributed by atoms with van der Waals surface area (Å²) in [5.74, 6) is 0. The molecule has 0 unspecified atom stereocenters. The zero-order valence-corrected chi connectivity index (χ0v) is 15.7. The Morgan fingerprint density at radius 1 is 1.28 bits per heavy atom. The van der Waals surface area contributed by atoms with Crippen molar-refractivity contribution in [2.24, 2.45) is 0 Å². The van der Waals surface area contributed by atoms with Crippen LogP contribution in [0.4, 0.5) is 0 Å². The number of hydrogen-bond donors (Lipinski definition) is 2. The summed E-state index contributed by atoms with van der Waals surface area (Å²) in [5, 5.41) is 11.9. The van der Waals surface area contributed by atoms with Gasteiger partial charge in [0.1, 0.15) is 0 Å². The molecule has 1 aliphatic rings. The first-order valence-electron chi connectivity index (χ1n) is 8.83. The normalized spacial score (nSPS) is 16.8. The fraction of sp³-hybridized carbons (Fsp3) is 0.474. The first-order valence-corrected chi connectivity index (χ1v) is 9.24. The largest absolute Gasteiger partial charge is 0.376 e. The molecule has 1 atom stereocenters. The third kappa shape index (κ3) is 4.80. The monoisotopic (exact) mass is 358 g/mol. The second-order valence-electron chi connectivity index (χ2n) is 6.49. The lowest BCUT2D eigenvalue weighted by molar-refractivity contribution is 0.114. The van der Waals surface area contributed by atoms with E-state index in [1.54, 1.807) is 0 Å². The van der Waals surface area contributed by atoms with Crippen LogP contribution in [-0.4, -0.2) is 34.1 Å². The summed E-state index contributed by atoms with van der Waals surface area (Å²) in [6.07, 6.45) is 2.54. The van der Waals surface area contributed by atoms with Crippen LogP contribution < -0.4 is 10.6 Å². The number of aryl methyl sites for hydroxylation is 1. The first kappa shape index (κ1) is 17.9. The number of thiocarbonyl (C=S) groups is 1. The average Bonchev–Trinajstić information content (AvgIpc) is 3.22. The summed E-state index contributed by atoms with van der Waals surface area (Å²) >= 11 is 5.38. The van der Waals surface area contributed by atoms with Crippen LogP contribution in [0.2, 0.25) is 0 Å². The second-order valence-corrected chi connectivity index (χ2v) is 6.90. The van der Waals surface area contributed by atoms with Gasteiger partial charge in [0.05, 0.1) is 18.3 Å². The summed E-state index contributed by atoms with van der Waals surface area (Å²) in [4.78, 5) is 0. The van der Waals surface area contributed by atoms with Gasteiger partial charge in [0.15, 0.2) is 5.11 Å². The van der Waals surface area contributed by atoms with Crippen LogP contribution in [0.1, 0.15) is 35.4 Å². The van der Waals surface area contributed by atoms with Gasteiger partial charge < -0.3 is 15.4 Å². The fourth-order valence-corrected chi connectivity index (χ4v) is 3.30. The molecule has 5 nitrogen and oxygen atoms in total. The predicted molar refractivity (Wildman–Crippen MR) is 104 cm³/mol. The molecule has 1 aliphatic heterocycles. The van der Waals surface area contributed by atoms with E-state index in [1.165, 1.54) is 16.8 Å². The van der Waals surface area contributed by atoms with Gasteiger partial charge in [-0.15, -0.1) is 0 Å². The number of nitrogens with zero attached hydrogens (tertiary/aromatic N) is 2. The van der Waals surface area contributed by atoms with Crippen molar-refractivity contribution >= 4 is 17.3 Å². The summed E-state index contributed by atoms with van der Waals surface area (Å²) in [7, 11) is 0. The molecule has 1 aromatic carbocycles. The number of aromatic nitrogens is 2. The summed E-state index contributed by atoms with van der Waals surface area (Å²) in [6.45, 7) is 7.28. The Kier molecular flexibility index (Phi) is 6.04. The SMILES string of the molecule is Cc1nn(Cc2ccccc2)c(C)c1CNC(=S)NC[C@@H]1CCCO1. The molecular formula is C19H26N4OS. The number of nitrogens with one attached hydrogen (secondary N) is 2. The average molecular weight is 359 g/mol. The Balaban J connectivity index is 1.54. The van der Waals surface area contributed by atoms with Crippen molar-refractivity contribution in [3.8, 4) is 0 Å². The predicted octanol–water partition coefficient (Wildman–Crippen LogP) is 2.69. The molecule has 2 aromatic rings. The third-order valence-electron chi connectivity index (χ3n) is 4.65. The Morgan fingerprint density at radius 3 is 2.80 bits per heavy atom. The highest BCUT2D eigenvalue weighted by molar-refractivity contribution is 7.80. The highest BCUT2D eigenvalue weighted by atomic mass is 32.1. The quantitative estimate of drug-likeness (QED) is 0.778. The summed E-state index contributed by atoms with van der Waals surface area (Å²) in [5.41, 5.74) is 4.68. The molecule has 1 aromatic heterocycles. The zero-order chi connectivity index (χ0) is 17.6. The number of hydrogen-bond acceptors (Lipinski definition) is 3. The minimum absolute atomic E-state index is 0.289. The van der Waals surface area contributed by atoms with Gasteiger partial charge in [-0.25, -0.2) is 0 Å². The minimum atomic E-state index is 0.289. The van der Waals surface area contributed by atoms with E-state index in [9.17, 15) is 0 Å². The number of ether oxygens (including phenoxy) is 1. The van der Waals surface area contributed by atoms with E-state index in [1.807, 2.05) is 13.0 Å². The van der Waals surface area contributed by atoms with Gasteiger partial charge in [-0.2, -0.15) is 5.10 Å². The maximum absolute atomic E-state index is 5.60. The molecule has 25 heavy (non-hydrogen) atoms. The van der Waals surface area contributed by atoms with Crippen LogP contribution >= 0.6 is 12.2 Å². The molecule has 0 amide bonds. The fourth-order valence-electron chi connectivity index (χ4n) is 3.14. The van der Waals surface area contributed by atoms with Gasteiger partial charge in [0, 0.05) is 31.0 Å². The Labute approximate surface area is 154 Å². The van der Waals surface area contributed by atoms with Crippen molar-refractivity contribution in [2.45, 2.75) is 45.9 Å². The van der Waals surface area contributed by atoms with E-state index in [-0.39, 0.29) is 6.10 Å². The summed E-state index contributed by atoms with van der Waals surface area (Å²) in [6, 6.07) is 10.4. The lowest BCUT2D eigenvalue weighted by Gasteiger charge is -2.14. The van der Waals surface area contributed by atoms with Crippen molar-refractivity contribution in [3.63, 3.8) is 0 Å². The second kappa shape index (κ2) is 8.45. The maximum Gasteiger partial charge on any atom is 0.166 e. The van der Waals surface area contributed by atoms with Crippen molar-refractivity contribution < 1.29 is 4.74 Å². The molecule has 3 rings (SSSR count). The van der Waals surface area contributed by atoms with Gasteiger partial charge in [0.2, 0.25) is 0 Å².